The van der Waals surface area contributed by atoms with Gasteiger partial charge in [0.05, 0.1) is 17.4 Å². The Balaban J connectivity index is 1.32. The molecule has 0 N–H and O–H groups in total. The van der Waals surface area contributed by atoms with Gasteiger partial charge in [-0.1, -0.05) is 151 Å². The van der Waals surface area contributed by atoms with Gasteiger partial charge in [0, 0.05) is 47.4 Å². The van der Waals surface area contributed by atoms with Crippen LogP contribution >= 0.6 is 11.6 Å². The third-order valence-corrected chi connectivity index (χ3v) is 9.80. The Kier molecular flexibility index (Phi) is 9.46. The van der Waals surface area contributed by atoms with Crippen LogP contribution in [0.1, 0.15) is 52.0 Å². The zero-order valence-electron chi connectivity index (χ0n) is 28.5. The lowest BCUT2D eigenvalue weighted by Gasteiger charge is -2.36. The lowest BCUT2D eigenvalue weighted by molar-refractivity contribution is 0.362. The SMILES string of the molecule is Cc1nn(C(c2ccccc2)(c2ccccc2)c2ccccc2)cc1-c1ccc(/C(=C\N(C)C(C)c2ccccc2)c2ccc(Cl)cc2)cn1. The second-order valence-corrected chi connectivity index (χ2v) is 13.1. The number of rotatable bonds is 10. The van der Waals surface area contributed by atoms with Gasteiger partial charge < -0.3 is 4.90 Å². The molecule has 0 saturated heterocycles. The minimum absolute atomic E-state index is 0.179. The number of benzene rings is 5. The lowest BCUT2D eigenvalue weighted by Crippen LogP contribution is -2.38. The Bertz CT molecular complexity index is 2080. The highest BCUT2D eigenvalue weighted by Gasteiger charge is 2.39. The first-order chi connectivity index (χ1) is 24.4. The Morgan fingerprint density at radius 1 is 0.680 bits per heavy atom. The van der Waals surface area contributed by atoms with Crippen LogP contribution in [-0.2, 0) is 5.54 Å². The second-order valence-electron chi connectivity index (χ2n) is 12.6. The van der Waals surface area contributed by atoms with Gasteiger partial charge in [-0.05, 0) is 59.9 Å². The summed E-state index contributed by atoms with van der Waals surface area (Å²) in [6.07, 6.45) is 6.32. The Hall–Kier alpha value is -5.71. The molecule has 0 saturated carbocycles. The fourth-order valence-corrected chi connectivity index (χ4v) is 6.88. The van der Waals surface area contributed by atoms with Gasteiger partial charge in [0.15, 0.2) is 0 Å². The summed E-state index contributed by atoms with van der Waals surface area (Å²) >= 11 is 6.30. The number of aromatic nitrogens is 3. The quantitative estimate of drug-likeness (QED) is 0.136. The van der Waals surface area contributed by atoms with E-state index in [1.165, 1.54) is 5.56 Å². The maximum atomic E-state index is 6.30. The smallest absolute Gasteiger partial charge is 0.138 e. The first kappa shape index (κ1) is 32.8. The third-order valence-electron chi connectivity index (χ3n) is 9.55. The Morgan fingerprint density at radius 3 is 1.68 bits per heavy atom. The number of aryl methyl sites for hydroxylation is 1. The van der Waals surface area contributed by atoms with Gasteiger partial charge in [-0.3, -0.25) is 9.67 Å². The van der Waals surface area contributed by atoms with Crippen molar-refractivity contribution in [3.8, 4) is 11.3 Å². The van der Waals surface area contributed by atoms with Crippen molar-refractivity contribution in [1.82, 2.24) is 19.7 Å². The standard InChI is InChI=1S/C45H39ClN4/c1-33-42(32-50(48-33)45(38-18-10-5-11-19-38,39-20-12-6-13-21-39)40-22-14-7-15-23-40)44-29-26-37(30-47-44)43(36-24-27-41(46)28-25-36)31-49(3)34(2)35-16-8-4-9-17-35/h4-32,34H,1-3H3/b43-31-. The molecule has 0 aliphatic rings. The van der Waals surface area contributed by atoms with E-state index in [4.69, 9.17) is 21.7 Å². The van der Waals surface area contributed by atoms with E-state index in [9.17, 15) is 0 Å². The van der Waals surface area contributed by atoms with Crippen LogP contribution < -0.4 is 0 Å². The summed E-state index contributed by atoms with van der Waals surface area (Å²) in [4.78, 5) is 7.31. The highest BCUT2D eigenvalue weighted by atomic mass is 35.5. The monoisotopic (exact) mass is 670 g/mol. The van der Waals surface area contributed by atoms with Crippen molar-refractivity contribution in [3.05, 3.63) is 220 Å². The predicted octanol–water partition coefficient (Wildman–Crippen LogP) is 10.8. The minimum Gasteiger partial charge on any atom is -0.373 e. The Labute approximate surface area is 300 Å². The summed E-state index contributed by atoms with van der Waals surface area (Å²) in [7, 11) is 2.12. The van der Waals surface area contributed by atoms with Crippen molar-refractivity contribution >= 4 is 17.2 Å². The molecule has 0 aliphatic heterocycles. The van der Waals surface area contributed by atoms with Crippen LogP contribution in [0.25, 0.3) is 16.8 Å². The minimum atomic E-state index is -0.697. The van der Waals surface area contributed by atoms with Gasteiger partial charge in [0.25, 0.3) is 0 Å². The van der Waals surface area contributed by atoms with Crippen LogP contribution in [0.5, 0.6) is 0 Å². The van der Waals surface area contributed by atoms with Crippen molar-refractivity contribution in [1.29, 1.82) is 0 Å². The summed E-state index contributed by atoms with van der Waals surface area (Å²) in [6.45, 7) is 4.28. The summed E-state index contributed by atoms with van der Waals surface area (Å²) in [6, 6.07) is 54.8. The van der Waals surface area contributed by atoms with E-state index in [-0.39, 0.29) is 6.04 Å². The van der Waals surface area contributed by atoms with Crippen LogP contribution in [0, 0.1) is 6.92 Å². The number of pyridine rings is 1. The van der Waals surface area contributed by atoms with Gasteiger partial charge in [-0.15, -0.1) is 0 Å². The van der Waals surface area contributed by atoms with E-state index in [0.29, 0.717) is 5.02 Å². The fraction of sp³-hybridized carbons (Fsp3) is 0.111. The summed E-state index contributed by atoms with van der Waals surface area (Å²) in [5.41, 5.74) is 9.83. The third kappa shape index (κ3) is 6.38. The molecular weight excluding hydrogens is 632 g/mol. The summed E-state index contributed by atoms with van der Waals surface area (Å²) in [5.74, 6) is 0. The molecule has 2 heterocycles. The average Bonchev–Trinajstić information content (AvgIpc) is 3.57. The van der Waals surface area contributed by atoms with Crippen LogP contribution in [0.15, 0.2) is 176 Å². The zero-order valence-corrected chi connectivity index (χ0v) is 29.2. The van der Waals surface area contributed by atoms with Crippen LogP contribution in [-0.4, -0.2) is 26.7 Å². The topological polar surface area (TPSA) is 34.0 Å². The van der Waals surface area contributed by atoms with Crippen LogP contribution in [0.2, 0.25) is 5.02 Å². The lowest BCUT2D eigenvalue weighted by atomic mass is 9.77. The molecule has 50 heavy (non-hydrogen) atoms. The molecular formula is C45H39ClN4. The molecule has 1 unspecified atom stereocenters. The molecule has 5 heteroatoms. The highest BCUT2D eigenvalue weighted by molar-refractivity contribution is 6.30. The number of halogens is 1. The van der Waals surface area contributed by atoms with Crippen molar-refractivity contribution in [2.24, 2.45) is 0 Å². The van der Waals surface area contributed by atoms with Crippen molar-refractivity contribution in [2.75, 3.05) is 7.05 Å². The van der Waals surface area contributed by atoms with Gasteiger partial charge in [0.1, 0.15) is 5.54 Å². The van der Waals surface area contributed by atoms with Crippen molar-refractivity contribution < 1.29 is 0 Å². The Morgan fingerprint density at radius 2 is 1.18 bits per heavy atom. The molecule has 0 fully saturated rings. The van der Waals surface area contributed by atoms with Gasteiger partial charge in [-0.2, -0.15) is 5.10 Å². The van der Waals surface area contributed by atoms with Crippen molar-refractivity contribution in [3.63, 3.8) is 0 Å². The molecule has 0 radical (unpaired) electrons. The fourth-order valence-electron chi connectivity index (χ4n) is 6.76. The molecule has 0 bridgehead atoms. The van der Waals surface area contributed by atoms with Crippen LogP contribution in [0.4, 0.5) is 0 Å². The van der Waals surface area contributed by atoms with E-state index < -0.39 is 5.54 Å². The molecule has 0 amide bonds. The summed E-state index contributed by atoms with van der Waals surface area (Å²) in [5, 5.41) is 5.94. The average molecular weight is 671 g/mol. The van der Waals surface area contributed by atoms with Gasteiger partial charge >= 0.3 is 0 Å². The molecule has 2 aromatic heterocycles. The second kappa shape index (κ2) is 14.4. The molecule has 5 aromatic carbocycles. The zero-order chi connectivity index (χ0) is 34.5. The maximum absolute atomic E-state index is 6.30. The molecule has 246 valence electrons. The molecule has 0 aliphatic carbocycles. The number of hydrogen-bond acceptors (Lipinski definition) is 3. The molecule has 4 nitrogen and oxygen atoms in total. The van der Waals surface area contributed by atoms with Gasteiger partial charge in [-0.25, -0.2) is 0 Å². The largest absolute Gasteiger partial charge is 0.373 e. The van der Waals surface area contributed by atoms with E-state index in [0.717, 1.165) is 50.3 Å². The molecule has 1 atom stereocenters. The predicted molar refractivity (Wildman–Crippen MR) is 206 cm³/mol. The first-order valence-electron chi connectivity index (χ1n) is 16.9. The molecule has 0 spiro atoms. The normalized spacial score (nSPS) is 12.4. The molecule has 7 rings (SSSR count). The van der Waals surface area contributed by atoms with E-state index in [1.54, 1.807) is 0 Å². The number of hydrogen-bond donors (Lipinski definition) is 0. The number of nitrogens with zero attached hydrogens (tertiary/aromatic N) is 4. The van der Waals surface area contributed by atoms with Gasteiger partial charge in [0.2, 0.25) is 0 Å². The van der Waals surface area contributed by atoms with Crippen LogP contribution in [0.3, 0.4) is 0 Å². The van der Waals surface area contributed by atoms with E-state index in [2.05, 4.69) is 188 Å². The van der Waals surface area contributed by atoms with E-state index in [1.807, 2.05) is 18.3 Å². The van der Waals surface area contributed by atoms with E-state index >= 15 is 0 Å². The molecule has 7 aromatic rings. The van der Waals surface area contributed by atoms with Crippen molar-refractivity contribution in [2.45, 2.75) is 25.4 Å². The highest BCUT2D eigenvalue weighted by Crippen LogP contribution is 2.41. The maximum Gasteiger partial charge on any atom is 0.138 e. The first-order valence-corrected chi connectivity index (χ1v) is 17.3. The summed E-state index contributed by atoms with van der Waals surface area (Å²) < 4.78 is 2.12.